The van der Waals surface area contributed by atoms with E-state index in [4.69, 9.17) is 0 Å². The molecule has 0 saturated heterocycles. The molecular weight excluding hydrogens is 272 g/mol. The SMILES string of the molecule is C=C(C)C1CC=C(C)C(=O)C1.C=C(C)[C@H]1CC=C(C)C(=O)C1. The molecule has 2 heteroatoms. The van der Waals surface area contributed by atoms with Gasteiger partial charge in [0.15, 0.2) is 11.6 Å². The van der Waals surface area contributed by atoms with Crippen molar-refractivity contribution in [1.82, 2.24) is 0 Å². The van der Waals surface area contributed by atoms with E-state index < -0.39 is 0 Å². The standard InChI is InChI=1S/2C10H14O/c2*1-7(2)9-5-4-8(3)10(11)6-9/h2*4,9H,1,5-6H2,2-3H3/t9-;/m0./s1. The molecule has 0 aliphatic heterocycles. The highest BCUT2D eigenvalue weighted by Crippen LogP contribution is 2.26. The third-order valence-electron chi connectivity index (χ3n) is 4.55. The highest BCUT2D eigenvalue weighted by atomic mass is 16.1. The summed E-state index contributed by atoms with van der Waals surface area (Å²) >= 11 is 0. The number of carbonyl (C=O) groups excluding carboxylic acids is 2. The fourth-order valence-corrected chi connectivity index (χ4v) is 2.55. The van der Waals surface area contributed by atoms with Gasteiger partial charge in [0.2, 0.25) is 0 Å². The molecule has 0 fully saturated rings. The third kappa shape index (κ3) is 5.25. The molecule has 2 aliphatic rings. The molecule has 0 aromatic carbocycles. The van der Waals surface area contributed by atoms with E-state index >= 15 is 0 Å². The van der Waals surface area contributed by atoms with Gasteiger partial charge in [0, 0.05) is 12.8 Å². The lowest BCUT2D eigenvalue weighted by atomic mass is 9.85. The maximum absolute atomic E-state index is 11.2. The van der Waals surface area contributed by atoms with E-state index in [1.165, 1.54) is 0 Å². The molecular formula is C20H28O2. The molecule has 2 rings (SSSR count). The van der Waals surface area contributed by atoms with Crippen LogP contribution in [0.2, 0.25) is 0 Å². The first-order valence-electron chi connectivity index (χ1n) is 7.93. The fourth-order valence-electron chi connectivity index (χ4n) is 2.55. The minimum atomic E-state index is 0.282. The van der Waals surface area contributed by atoms with Crippen LogP contribution in [-0.4, -0.2) is 11.6 Å². The zero-order valence-electron chi connectivity index (χ0n) is 14.4. The van der Waals surface area contributed by atoms with E-state index in [1.807, 2.05) is 39.8 Å². The Balaban J connectivity index is 0.000000220. The van der Waals surface area contributed by atoms with E-state index in [1.54, 1.807) is 0 Å². The number of allylic oxidation sites excluding steroid dienone is 6. The number of hydrogen-bond donors (Lipinski definition) is 0. The molecule has 0 heterocycles. The Morgan fingerprint density at radius 2 is 1.18 bits per heavy atom. The van der Waals surface area contributed by atoms with Gasteiger partial charge in [0.25, 0.3) is 0 Å². The molecule has 22 heavy (non-hydrogen) atoms. The number of hydrogen-bond acceptors (Lipinski definition) is 2. The molecule has 2 aliphatic carbocycles. The van der Waals surface area contributed by atoms with Crippen LogP contribution in [0.25, 0.3) is 0 Å². The van der Waals surface area contributed by atoms with Gasteiger partial charge in [0.05, 0.1) is 0 Å². The maximum Gasteiger partial charge on any atom is 0.158 e. The summed E-state index contributed by atoms with van der Waals surface area (Å²) in [6.07, 6.45) is 7.35. The van der Waals surface area contributed by atoms with Crippen LogP contribution in [0.4, 0.5) is 0 Å². The van der Waals surface area contributed by atoms with Gasteiger partial charge >= 0.3 is 0 Å². The smallest absolute Gasteiger partial charge is 0.158 e. The van der Waals surface area contributed by atoms with Gasteiger partial charge in [-0.1, -0.05) is 36.5 Å². The minimum Gasteiger partial charge on any atom is -0.295 e. The van der Waals surface area contributed by atoms with Crippen molar-refractivity contribution in [2.45, 2.75) is 53.4 Å². The summed E-state index contributed by atoms with van der Waals surface area (Å²) in [6, 6.07) is 0. The van der Waals surface area contributed by atoms with Crippen LogP contribution < -0.4 is 0 Å². The lowest BCUT2D eigenvalue weighted by Crippen LogP contribution is -2.14. The van der Waals surface area contributed by atoms with Crippen molar-refractivity contribution in [1.29, 1.82) is 0 Å². The van der Waals surface area contributed by atoms with Crippen LogP contribution >= 0.6 is 0 Å². The van der Waals surface area contributed by atoms with Crippen molar-refractivity contribution >= 4 is 11.6 Å². The van der Waals surface area contributed by atoms with Gasteiger partial charge in [-0.05, 0) is 63.5 Å². The maximum atomic E-state index is 11.2. The lowest BCUT2D eigenvalue weighted by Gasteiger charge is -2.18. The van der Waals surface area contributed by atoms with Crippen molar-refractivity contribution in [3.63, 3.8) is 0 Å². The molecule has 0 radical (unpaired) electrons. The predicted molar refractivity (Wildman–Crippen MR) is 92.6 cm³/mol. The first-order chi connectivity index (χ1) is 10.2. The van der Waals surface area contributed by atoms with E-state index in [2.05, 4.69) is 13.2 Å². The van der Waals surface area contributed by atoms with Crippen molar-refractivity contribution < 1.29 is 9.59 Å². The molecule has 0 spiro atoms. The summed E-state index contributed by atoms with van der Waals surface area (Å²) < 4.78 is 0. The van der Waals surface area contributed by atoms with Crippen LogP contribution in [0.3, 0.4) is 0 Å². The Hall–Kier alpha value is -1.70. The average molecular weight is 300 g/mol. The van der Waals surface area contributed by atoms with Crippen molar-refractivity contribution in [3.8, 4) is 0 Å². The summed E-state index contributed by atoms with van der Waals surface area (Å²) in [5, 5.41) is 0. The molecule has 1 unspecified atom stereocenters. The number of Topliss-reactive ketones (excluding diaryl/α,β-unsaturated/α-hetero) is 2. The second-order valence-electron chi connectivity index (χ2n) is 6.59. The van der Waals surface area contributed by atoms with E-state index in [-0.39, 0.29) is 11.6 Å². The molecule has 2 nitrogen and oxygen atoms in total. The molecule has 0 aromatic rings. The minimum absolute atomic E-state index is 0.282. The van der Waals surface area contributed by atoms with E-state index in [9.17, 15) is 9.59 Å². The summed E-state index contributed by atoms with van der Waals surface area (Å²) in [5.74, 6) is 1.35. The monoisotopic (exact) mass is 300 g/mol. The summed E-state index contributed by atoms with van der Waals surface area (Å²) in [4.78, 5) is 22.4. The first kappa shape index (κ1) is 18.3. The molecule has 120 valence electrons. The Kier molecular flexibility index (Phi) is 6.73. The van der Waals surface area contributed by atoms with Crippen molar-refractivity contribution in [3.05, 3.63) is 47.6 Å². The highest BCUT2D eigenvalue weighted by Gasteiger charge is 2.19. The average Bonchev–Trinajstić information content (AvgIpc) is 2.45. The first-order valence-corrected chi connectivity index (χ1v) is 7.93. The van der Waals surface area contributed by atoms with Crippen LogP contribution in [-0.2, 0) is 9.59 Å². The number of rotatable bonds is 2. The number of ketones is 2. The molecule has 2 atom stereocenters. The topological polar surface area (TPSA) is 34.1 Å². The highest BCUT2D eigenvalue weighted by molar-refractivity contribution is 5.96. The van der Waals surface area contributed by atoms with Crippen LogP contribution in [0.5, 0.6) is 0 Å². The van der Waals surface area contributed by atoms with Gasteiger partial charge in [-0.2, -0.15) is 0 Å². The second kappa shape index (κ2) is 8.07. The van der Waals surface area contributed by atoms with Crippen LogP contribution in [0.1, 0.15) is 53.4 Å². The van der Waals surface area contributed by atoms with E-state index in [0.717, 1.165) is 35.1 Å². The molecule has 0 saturated carbocycles. The number of carbonyl (C=O) groups is 2. The quantitative estimate of drug-likeness (QED) is 0.674. The van der Waals surface area contributed by atoms with Gasteiger partial charge in [-0.3, -0.25) is 9.59 Å². The Morgan fingerprint density at radius 1 is 0.864 bits per heavy atom. The van der Waals surface area contributed by atoms with E-state index in [0.29, 0.717) is 24.7 Å². The zero-order chi connectivity index (χ0) is 16.9. The van der Waals surface area contributed by atoms with Gasteiger partial charge in [-0.15, -0.1) is 0 Å². The normalized spacial score (nSPS) is 24.7. The van der Waals surface area contributed by atoms with Gasteiger partial charge < -0.3 is 0 Å². The van der Waals surface area contributed by atoms with Crippen LogP contribution in [0.15, 0.2) is 47.6 Å². The zero-order valence-corrected chi connectivity index (χ0v) is 14.4. The summed E-state index contributed by atoms with van der Waals surface area (Å²) in [5.41, 5.74) is 4.09. The largest absolute Gasteiger partial charge is 0.295 e. The lowest BCUT2D eigenvalue weighted by molar-refractivity contribution is -0.117. The Morgan fingerprint density at radius 3 is 1.41 bits per heavy atom. The van der Waals surface area contributed by atoms with Crippen molar-refractivity contribution in [2.24, 2.45) is 11.8 Å². The molecule has 0 bridgehead atoms. The van der Waals surface area contributed by atoms with Crippen molar-refractivity contribution in [2.75, 3.05) is 0 Å². The Labute approximate surface area is 134 Å². The third-order valence-corrected chi connectivity index (χ3v) is 4.55. The summed E-state index contributed by atoms with van der Waals surface area (Å²) in [6.45, 7) is 15.5. The van der Waals surface area contributed by atoms with Gasteiger partial charge in [-0.25, -0.2) is 0 Å². The van der Waals surface area contributed by atoms with Gasteiger partial charge in [0.1, 0.15) is 0 Å². The molecule has 0 amide bonds. The second-order valence-corrected chi connectivity index (χ2v) is 6.59. The molecule has 0 aromatic heterocycles. The summed E-state index contributed by atoms with van der Waals surface area (Å²) in [7, 11) is 0. The predicted octanol–water partition coefficient (Wildman–Crippen LogP) is 4.98. The fraction of sp³-hybridized carbons (Fsp3) is 0.500. The van der Waals surface area contributed by atoms with Crippen LogP contribution in [0, 0.1) is 11.8 Å². The molecule has 0 N–H and O–H groups in total. The Bertz CT molecular complexity index is 496.